The van der Waals surface area contributed by atoms with E-state index in [1.807, 2.05) is 73.7 Å². The molecule has 1 aliphatic rings. The minimum absolute atomic E-state index is 0.170. The van der Waals surface area contributed by atoms with Crippen LogP contribution in [0.3, 0.4) is 0 Å². The van der Waals surface area contributed by atoms with E-state index in [0.29, 0.717) is 30.0 Å². The predicted molar refractivity (Wildman–Crippen MR) is 126 cm³/mol. The van der Waals surface area contributed by atoms with Crippen LogP contribution in [0.15, 0.2) is 72.8 Å². The number of nitrogens with zero attached hydrogens (tertiary/aromatic N) is 1. The van der Waals surface area contributed by atoms with Gasteiger partial charge < -0.3 is 19.7 Å². The van der Waals surface area contributed by atoms with Gasteiger partial charge in [0.15, 0.2) is 0 Å². The van der Waals surface area contributed by atoms with Crippen molar-refractivity contribution in [1.29, 1.82) is 0 Å². The molecule has 3 aromatic carbocycles. The van der Waals surface area contributed by atoms with Gasteiger partial charge in [0, 0.05) is 31.1 Å². The lowest BCUT2D eigenvalue weighted by molar-refractivity contribution is -0.132. The van der Waals surface area contributed by atoms with Gasteiger partial charge in [-0.3, -0.25) is 9.59 Å². The first-order valence-corrected chi connectivity index (χ1v) is 10.9. The Balaban J connectivity index is 1.68. The number of hydrogen-bond donors (Lipinski definition) is 1. The maximum absolute atomic E-state index is 13.6. The van der Waals surface area contributed by atoms with Crippen molar-refractivity contribution in [2.24, 2.45) is 0 Å². The fraction of sp³-hybridized carbons (Fsp3) is 0.259. The Bertz CT molecular complexity index is 1140. The lowest BCUT2D eigenvalue weighted by Gasteiger charge is -2.44. The van der Waals surface area contributed by atoms with Crippen molar-refractivity contribution in [3.8, 4) is 11.5 Å². The first kappa shape index (κ1) is 22.4. The summed E-state index contributed by atoms with van der Waals surface area (Å²) in [6.45, 7) is 2.47. The quantitative estimate of drug-likeness (QED) is 0.599. The minimum Gasteiger partial charge on any atom is -0.497 e. The van der Waals surface area contributed by atoms with Gasteiger partial charge in [0.2, 0.25) is 5.91 Å². The highest BCUT2D eigenvalue weighted by atomic mass is 16.5. The van der Waals surface area contributed by atoms with Gasteiger partial charge in [-0.15, -0.1) is 0 Å². The fourth-order valence-corrected chi connectivity index (χ4v) is 4.28. The van der Waals surface area contributed by atoms with Crippen LogP contribution in [-0.2, 0) is 24.3 Å². The van der Waals surface area contributed by atoms with Crippen molar-refractivity contribution in [2.45, 2.75) is 32.0 Å². The molecular formula is C27H28N2O4. The Morgan fingerprint density at radius 1 is 0.939 bits per heavy atom. The normalized spacial score (nSPS) is 17.3. The van der Waals surface area contributed by atoms with Crippen molar-refractivity contribution in [3.63, 3.8) is 0 Å². The summed E-state index contributed by atoms with van der Waals surface area (Å²) in [6, 6.07) is 22.7. The summed E-state index contributed by atoms with van der Waals surface area (Å²) in [6.07, 6.45) is 0.427. The summed E-state index contributed by atoms with van der Waals surface area (Å²) in [7, 11) is 3.17. The van der Waals surface area contributed by atoms with Gasteiger partial charge in [-0.2, -0.15) is 0 Å². The maximum Gasteiger partial charge on any atom is 0.255 e. The van der Waals surface area contributed by atoms with Crippen LogP contribution in [0.1, 0.15) is 34.0 Å². The molecule has 3 aromatic rings. The van der Waals surface area contributed by atoms with E-state index < -0.39 is 5.54 Å². The Morgan fingerprint density at radius 2 is 1.58 bits per heavy atom. The largest absolute Gasteiger partial charge is 0.497 e. The molecule has 0 fully saturated rings. The number of carbonyl (C=O) groups is 2. The van der Waals surface area contributed by atoms with E-state index >= 15 is 0 Å². The van der Waals surface area contributed by atoms with Gasteiger partial charge >= 0.3 is 0 Å². The summed E-state index contributed by atoms with van der Waals surface area (Å²) in [4.78, 5) is 28.8. The molecule has 170 valence electrons. The summed E-state index contributed by atoms with van der Waals surface area (Å²) in [5.74, 6) is 0.897. The van der Waals surface area contributed by atoms with Crippen molar-refractivity contribution in [2.75, 3.05) is 14.2 Å². The molecule has 1 unspecified atom stereocenters. The molecule has 1 atom stereocenters. The number of nitrogens with one attached hydrogen (secondary N) is 1. The van der Waals surface area contributed by atoms with Crippen molar-refractivity contribution < 1.29 is 19.1 Å². The van der Waals surface area contributed by atoms with Crippen LogP contribution in [-0.4, -0.2) is 36.5 Å². The molecule has 1 aliphatic heterocycles. The molecule has 33 heavy (non-hydrogen) atoms. The zero-order valence-corrected chi connectivity index (χ0v) is 19.1. The second-order valence-corrected chi connectivity index (χ2v) is 8.39. The third-order valence-electron chi connectivity index (χ3n) is 6.16. The van der Waals surface area contributed by atoms with Gasteiger partial charge in [0.25, 0.3) is 5.91 Å². The zero-order valence-electron chi connectivity index (χ0n) is 19.1. The van der Waals surface area contributed by atoms with Crippen LogP contribution in [0.4, 0.5) is 0 Å². The Hall–Kier alpha value is -3.80. The lowest BCUT2D eigenvalue weighted by Crippen LogP contribution is -2.62. The second-order valence-electron chi connectivity index (χ2n) is 8.39. The smallest absolute Gasteiger partial charge is 0.255 e. The third kappa shape index (κ3) is 4.55. The molecule has 6 nitrogen and oxygen atoms in total. The van der Waals surface area contributed by atoms with E-state index in [2.05, 4.69) is 5.32 Å². The van der Waals surface area contributed by atoms with Crippen LogP contribution in [0.25, 0.3) is 0 Å². The van der Waals surface area contributed by atoms with E-state index in [-0.39, 0.29) is 18.4 Å². The predicted octanol–water partition coefficient (Wildman–Crippen LogP) is 3.98. The molecule has 0 spiro atoms. The van der Waals surface area contributed by atoms with E-state index in [1.54, 1.807) is 25.2 Å². The van der Waals surface area contributed by atoms with Crippen LogP contribution in [0.5, 0.6) is 11.5 Å². The number of fused-ring (bicyclic) bond motifs is 1. The molecule has 1 N–H and O–H groups in total. The number of carbonyl (C=O) groups excluding carboxylic acids is 2. The molecular weight excluding hydrogens is 416 g/mol. The lowest BCUT2D eigenvalue weighted by atomic mass is 9.82. The maximum atomic E-state index is 13.6. The first-order valence-electron chi connectivity index (χ1n) is 10.9. The Morgan fingerprint density at radius 3 is 2.24 bits per heavy atom. The number of hydrogen-bond acceptors (Lipinski definition) is 4. The van der Waals surface area contributed by atoms with E-state index in [4.69, 9.17) is 9.47 Å². The number of rotatable bonds is 7. The second kappa shape index (κ2) is 9.36. The average Bonchev–Trinajstić information content (AvgIpc) is 2.85. The molecule has 0 aliphatic carbocycles. The van der Waals surface area contributed by atoms with E-state index in [0.717, 1.165) is 16.7 Å². The summed E-state index contributed by atoms with van der Waals surface area (Å²) in [5, 5.41) is 3.04. The molecule has 0 bridgehead atoms. The fourth-order valence-electron chi connectivity index (χ4n) is 4.28. The molecule has 1 heterocycles. The summed E-state index contributed by atoms with van der Waals surface area (Å²) >= 11 is 0. The summed E-state index contributed by atoms with van der Waals surface area (Å²) in [5.41, 5.74) is 2.26. The molecule has 2 amide bonds. The summed E-state index contributed by atoms with van der Waals surface area (Å²) < 4.78 is 10.8. The Labute approximate surface area is 194 Å². The van der Waals surface area contributed by atoms with Crippen LogP contribution >= 0.6 is 0 Å². The minimum atomic E-state index is -1.06. The molecule has 0 aromatic heterocycles. The monoisotopic (exact) mass is 444 g/mol. The van der Waals surface area contributed by atoms with Crippen LogP contribution < -0.4 is 14.8 Å². The highest BCUT2D eigenvalue weighted by molar-refractivity contribution is 6.02. The van der Waals surface area contributed by atoms with Crippen molar-refractivity contribution in [1.82, 2.24) is 10.2 Å². The van der Waals surface area contributed by atoms with Crippen molar-refractivity contribution in [3.05, 3.63) is 95.1 Å². The molecule has 0 saturated heterocycles. The van der Waals surface area contributed by atoms with Gasteiger partial charge in [-0.25, -0.2) is 0 Å². The van der Waals surface area contributed by atoms with E-state index in [1.165, 1.54) is 0 Å². The van der Waals surface area contributed by atoms with Crippen LogP contribution in [0.2, 0.25) is 0 Å². The van der Waals surface area contributed by atoms with Gasteiger partial charge in [0.1, 0.15) is 17.0 Å². The molecule has 0 saturated carbocycles. The standard InChI is InChI=1S/C27H28N2O4/c1-27(26(31)28-17-19-9-5-4-6-10-19)16-21-11-7-8-12-24(21)25(30)29(27)18-20-13-22(32-2)15-23(14-20)33-3/h4-15H,16-18H2,1-3H3,(H,28,31). The molecule has 6 heteroatoms. The third-order valence-corrected chi connectivity index (χ3v) is 6.16. The van der Waals surface area contributed by atoms with Crippen molar-refractivity contribution >= 4 is 11.8 Å². The number of methoxy groups -OCH3 is 2. The molecule has 0 radical (unpaired) electrons. The van der Waals surface area contributed by atoms with Gasteiger partial charge in [-0.1, -0.05) is 48.5 Å². The van der Waals surface area contributed by atoms with Gasteiger partial charge in [-0.05, 0) is 41.8 Å². The Kier molecular flexibility index (Phi) is 6.36. The van der Waals surface area contributed by atoms with Gasteiger partial charge in [0.05, 0.1) is 14.2 Å². The topological polar surface area (TPSA) is 67.9 Å². The highest BCUT2D eigenvalue weighted by Crippen LogP contribution is 2.34. The SMILES string of the molecule is COc1cc(CN2C(=O)c3ccccc3CC2(C)C(=O)NCc2ccccc2)cc(OC)c1. The molecule has 4 rings (SSSR count). The highest BCUT2D eigenvalue weighted by Gasteiger charge is 2.46. The van der Waals surface area contributed by atoms with E-state index in [9.17, 15) is 9.59 Å². The zero-order chi connectivity index (χ0) is 23.4. The number of ether oxygens (including phenoxy) is 2. The first-order chi connectivity index (χ1) is 15.9. The average molecular weight is 445 g/mol. The number of amides is 2. The van der Waals surface area contributed by atoms with Crippen LogP contribution in [0, 0.1) is 0 Å². The number of benzene rings is 3.